The highest BCUT2D eigenvalue weighted by molar-refractivity contribution is 6.32. The normalized spacial score (nSPS) is 11.3. The first-order valence-corrected chi connectivity index (χ1v) is 7.48. The first kappa shape index (κ1) is 16.2. The second-order valence-corrected chi connectivity index (χ2v) is 5.79. The Morgan fingerprint density at radius 1 is 1.41 bits per heavy atom. The van der Waals surface area contributed by atoms with Crippen LogP contribution in [0.2, 0.25) is 5.15 Å². The van der Waals surface area contributed by atoms with Gasteiger partial charge in [-0.25, -0.2) is 5.43 Å². The second-order valence-electron chi connectivity index (χ2n) is 5.43. The summed E-state index contributed by atoms with van der Waals surface area (Å²) in [5.41, 5.74) is 4.54. The zero-order chi connectivity index (χ0) is 16.1. The highest BCUT2D eigenvalue weighted by atomic mass is 35.5. The van der Waals surface area contributed by atoms with Crippen LogP contribution in [0.25, 0.3) is 0 Å². The van der Waals surface area contributed by atoms with E-state index >= 15 is 0 Å². The quantitative estimate of drug-likeness (QED) is 0.679. The number of hydrazone groups is 1. The SMILES string of the molecule is Cc1nn(CC(C)C)c(Cl)c1/C=N\NC(=O)c1ccccc1. The van der Waals surface area contributed by atoms with E-state index < -0.39 is 0 Å². The van der Waals surface area contributed by atoms with E-state index in [1.165, 1.54) is 6.21 Å². The van der Waals surface area contributed by atoms with Gasteiger partial charge in [-0.2, -0.15) is 10.2 Å². The van der Waals surface area contributed by atoms with Gasteiger partial charge in [0, 0.05) is 12.1 Å². The third kappa shape index (κ3) is 3.95. The van der Waals surface area contributed by atoms with Gasteiger partial charge in [0.1, 0.15) is 5.15 Å². The molecule has 0 unspecified atom stereocenters. The number of carbonyl (C=O) groups is 1. The summed E-state index contributed by atoms with van der Waals surface area (Å²) in [4.78, 5) is 11.9. The molecule has 22 heavy (non-hydrogen) atoms. The van der Waals surface area contributed by atoms with Gasteiger partial charge in [-0.1, -0.05) is 43.6 Å². The summed E-state index contributed by atoms with van der Waals surface area (Å²) in [6.07, 6.45) is 1.53. The smallest absolute Gasteiger partial charge is 0.267 e. The topological polar surface area (TPSA) is 59.3 Å². The summed E-state index contributed by atoms with van der Waals surface area (Å²) in [7, 11) is 0. The molecule has 0 spiro atoms. The molecule has 0 aliphatic rings. The van der Waals surface area contributed by atoms with Gasteiger partial charge in [-0.05, 0) is 25.0 Å². The molecule has 0 bridgehead atoms. The standard InChI is InChI=1S/C16H19ClN4O/c1-11(2)10-21-15(17)14(12(3)20-21)9-18-19-16(22)13-7-5-4-6-8-13/h4-9,11H,10H2,1-3H3,(H,19,22)/b18-9-. The molecule has 1 N–H and O–H groups in total. The molecule has 5 nitrogen and oxygen atoms in total. The van der Waals surface area contributed by atoms with Gasteiger partial charge in [-0.3, -0.25) is 9.48 Å². The molecule has 0 saturated heterocycles. The van der Waals surface area contributed by atoms with Crippen LogP contribution in [0, 0.1) is 12.8 Å². The molecule has 0 saturated carbocycles. The fourth-order valence-electron chi connectivity index (χ4n) is 1.99. The molecule has 0 aliphatic carbocycles. The van der Waals surface area contributed by atoms with Crippen LogP contribution in [0.5, 0.6) is 0 Å². The van der Waals surface area contributed by atoms with Gasteiger partial charge in [0.25, 0.3) is 5.91 Å². The first-order valence-electron chi connectivity index (χ1n) is 7.10. The Balaban J connectivity index is 2.07. The summed E-state index contributed by atoms with van der Waals surface area (Å²) in [5, 5.41) is 8.89. The van der Waals surface area contributed by atoms with Crippen molar-refractivity contribution in [3.05, 3.63) is 52.3 Å². The molecule has 2 aromatic rings. The van der Waals surface area contributed by atoms with Crippen molar-refractivity contribution in [3.8, 4) is 0 Å². The molecule has 6 heteroatoms. The highest BCUT2D eigenvalue weighted by Crippen LogP contribution is 2.18. The minimum absolute atomic E-state index is 0.264. The fraction of sp³-hybridized carbons (Fsp3) is 0.312. The number of amides is 1. The number of nitrogens with one attached hydrogen (secondary N) is 1. The van der Waals surface area contributed by atoms with Crippen molar-refractivity contribution in [3.63, 3.8) is 0 Å². The van der Waals surface area contributed by atoms with E-state index in [1.807, 2.05) is 13.0 Å². The summed E-state index contributed by atoms with van der Waals surface area (Å²) < 4.78 is 1.75. The van der Waals surface area contributed by atoms with Gasteiger partial charge in [0.15, 0.2) is 0 Å². The second kappa shape index (κ2) is 7.22. The molecule has 116 valence electrons. The zero-order valence-electron chi connectivity index (χ0n) is 12.9. The van der Waals surface area contributed by atoms with Crippen molar-refractivity contribution in [1.82, 2.24) is 15.2 Å². The minimum Gasteiger partial charge on any atom is -0.267 e. The number of rotatable bonds is 5. The Kier molecular flexibility index (Phi) is 5.33. The molecule has 0 aliphatic heterocycles. The van der Waals surface area contributed by atoms with Crippen LogP contribution < -0.4 is 5.43 Å². The van der Waals surface area contributed by atoms with Gasteiger partial charge in [0.05, 0.1) is 17.5 Å². The maximum absolute atomic E-state index is 11.9. The lowest BCUT2D eigenvalue weighted by atomic mass is 10.2. The van der Waals surface area contributed by atoms with Crippen LogP contribution in [0.3, 0.4) is 0 Å². The van der Waals surface area contributed by atoms with Gasteiger partial charge in [0.2, 0.25) is 0 Å². The number of hydrogen-bond acceptors (Lipinski definition) is 3. The average molecular weight is 319 g/mol. The molecule has 2 rings (SSSR count). The lowest BCUT2D eigenvalue weighted by Crippen LogP contribution is -2.17. The van der Waals surface area contributed by atoms with E-state index in [2.05, 4.69) is 29.5 Å². The summed E-state index contributed by atoms with van der Waals surface area (Å²) in [5.74, 6) is 0.180. The summed E-state index contributed by atoms with van der Waals surface area (Å²) in [6.45, 7) is 6.80. The van der Waals surface area contributed by atoms with Crippen LogP contribution in [0.1, 0.15) is 35.5 Å². The lowest BCUT2D eigenvalue weighted by Gasteiger charge is -2.05. The van der Waals surface area contributed by atoms with E-state index in [4.69, 9.17) is 11.6 Å². The molecule has 1 amide bonds. The van der Waals surface area contributed by atoms with Gasteiger partial charge in [-0.15, -0.1) is 0 Å². The average Bonchev–Trinajstić information content (AvgIpc) is 2.74. The van der Waals surface area contributed by atoms with E-state index in [9.17, 15) is 4.79 Å². The van der Waals surface area contributed by atoms with E-state index in [0.717, 1.165) is 17.8 Å². The van der Waals surface area contributed by atoms with Crippen LogP contribution in [-0.2, 0) is 6.54 Å². The number of carbonyl (C=O) groups excluding carboxylic acids is 1. The van der Waals surface area contributed by atoms with E-state index in [0.29, 0.717) is 16.6 Å². The zero-order valence-corrected chi connectivity index (χ0v) is 13.6. The maximum Gasteiger partial charge on any atom is 0.271 e. The van der Waals surface area contributed by atoms with Gasteiger partial charge >= 0.3 is 0 Å². The van der Waals surface area contributed by atoms with Crippen molar-refractivity contribution in [2.45, 2.75) is 27.3 Å². The highest BCUT2D eigenvalue weighted by Gasteiger charge is 2.12. The molecular formula is C16H19ClN4O. The lowest BCUT2D eigenvalue weighted by molar-refractivity contribution is 0.0955. The monoisotopic (exact) mass is 318 g/mol. The van der Waals surface area contributed by atoms with Crippen molar-refractivity contribution < 1.29 is 4.79 Å². The molecule has 1 aromatic heterocycles. The van der Waals surface area contributed by atoms with E-state index in [-0.39, 0.29) is 5.91 Å². The Labute approximate surface area is 135 Å². The van der Waals surface area contributed by atoms with Crippen LogP contribution in [0.4, 0.5) is 0 Å². The van der Waals surface area contributed by atoms with Crippen LogP contribution in [-0.4, -0.2) is 21.9 Å². The van der Waals surface area contributed by atoms with Crippen LogP contribution >= 0.6 is 11.6 Å². The Bertz CT molecular complexity index is 677. The van der Waals surface area contributed by atoms with E-state index in [1.54, 1.807) is 28.9 Å². The Morgan fingerprint density at radius 3 is 2.73 bits per heavy atom. The molecular weight excluding hydrogens is 300 g/mol. The van der Waals surface area contributed by atoms with Crippen molar-refractivity contribution in [1.29, 1.82) is 0 Å². The number of benzene rings is 1. The summed E-state index contributed by atoms with van der Waals surface area (Å²) >= 11 is 6.30. The van der Waals surface area contributed by atoms with Crippen molar-refractivity contribution >= 4 is 23.7 Å². The fourth-order valence-corrected chi connectivity index (χ4v) is 2.28. The minimum atomic E-state index is -0.264. The predicted molar refractivity (Wildman–Crippen MR) is 88.3 cm³/mol. The predicted octanol–water partition coefficient (Wildman–Crippen LogP) is 3.26. The number of halogens is 1. The summed E-state index contributed by atoms with van der Waals surface area (Å²) in [6, 6.07) is 8.91. The number of aromatic nitrogens is 2. The first-order chi connectivity index (χ1) is 10.5. The third-order valence-corrected chi connectivity index (χ3v) is 3.44. The van der Waals surface area contributed by atoms with Crippen molar-refractivity contribution in [2.75, 3.05) is 0 Å². The molecule has 0 atom stereocenters. The molecule has 1 aromatic carbocycles. The van der Waals surface area contributed by atoms with Crippen LogP contribution in [0.15, 0.2) is 35.4 Å². The Hall–Kier alpha value is -2.14. The third-order valence-electron chi connectivity index (χ3n) is 3.04. The Morgan fingerprint density at radius 2 is 2.09 bits per heavy atom. The maximum atomic E-state index is 11.9. The molecule has 0 radical (unpaired) electrons. The molecule has 1 heterocycles. The molecule has 0 fully saturated rings. The van der Waals surface area contributed by atoms with Gasteiger partial charge < -0.3 is 0 Å². The number of aryl methyl sites for hydroxylation is 1. The van der Waals surface area contributed by atoms with Crippen molar-refractivity contribution in [2.24, 2.45) is 11.0 Å². The number of hydrogen-bond donors (Lipinski definition) is 1. The number of nitrogens with zero attached hydrogens (tertiary/aromatic N) is 3. The largest absolute Gasteiger partial charge is 0.271 e.